The lowest BCUT2D eigenvalue weighted by molar-refractivity contribution is -0.168. The predicted molar refractivity (Wildman–Crippen MR) is 77.1 cm³/mol. The fraction of sp³-hybridized carbons (Fsp3) is 0.286. The molecule has 22 heavy (non-hydrogen) atoms. The zero-order valence-electron chi connectivity index (χ0n) is 11.5. The minimum Gasteiger partial charge on any atom is -0.332 e. The van der Waals surface area contributed by atoms with Crippen molar-refractivity contribution in [2.75, 3.05) is 18.8 Å². The van der Waals surface area contributed by atoms with Crippen molar-refractivity contribution < 1.29 is 24.0 Å². The third kappa shape index (κ3) is 2.57. The molecule has 1 aromatic rings. The van der Waals surface area contributed by atoms with Crippen molar-refractivity contribution in [3.63, 3.8) is 0 Å². The van der Waals surface area contributed by atoms with Gasteiger partial charge in [-0.05, 0) is 12.1 Å². The molecule has 114 valence electrons. The summed E-state index contributed by atoms with van der Waals surface area (Å²) in [6, 6.07) is 6.27. The third-order valence-electron chi connectivity index (χ3n) is 3.38. The minimum atomic E-state index is -0.723. The van der Waals surface area contributed by atoms with E-state index in [0.29, 0.717) is 17.4 Å². The molecular weight excluding hydrogens is 308 g/mol. The van der Waals surface area contributed by atoms with Gasteiger partial charge < -0.3 is 9.74 Å². The Morgan fingerprint density at radius 2 is 1.77 bits per heavy atom. The average molecular weight is 320 g/mol. The van der Waals surface area contributed by atoms with Gasteiger partial charge in [-0.2, -0.15) is 0 Å². The fourth-order valence-electron chi connectivity index (χ4n) is 2.25. The molecule has 0 unspecified atom stereocenters. The van der Waals surface area contributed by atoms with E-state index >= 15 is 0 Å². The molecule has 0 N–H and O–H groups in total. The van der Waals surface area contributed by atoms with Gasteiger partial charge in [0.1, 0.15) is 0 Å². The largest absolute Gasteiger partial charge is 0.335 e. The van der Waals surface area contributed by atoms with Crippen LogP contribution in [-0.2, 0) is 9.63 Å². The lowest BCUT2D eigenvalue weighted by Gasteiger charge is -2.15. The lowest BCUT2D eigenvalue weighted by Crippen LogP contribution is -2.34. The summed E-state index contributed by atoms with van der Waals surface area (Å²) in [5.41, 5.74) is 0.429. The van der Waals surface area contributed by atoms with Gasteiger partial charge in [0.25, 0.3) is 17.1 Å². The number of hydrogen-bond donors (Lipinski definition) is 0. The van der Waals surface area contributed by atoms with Crippen molar-refractivity contribution in [2.45, 2.75) is 6.42 Å². The van der Waals surface area contributed by atoms with Crippen LogP contribution in [0.3, 0.4) is 0 Å². The Balaban J connectivity index is 1.60. The first-order chi connectivity index (χ1) is 10.6. The van der Waals surface area contributed by atoms with Crippen LogP contribution in [0.5, 0.6) is 0 Å². The highest BCUT2D eigenvalue weighted by Crippen LogP contribution is 2.23. The maximum Gasteiger partial charge on any atom is 0.335 e. The highest BCUT2D eigenvalue weighted by atomic mass is 32.2. The van der Waals surface area contributed by atoms with Gasteiger partial charge in [-0.1, -0.05) is 29.0 Å². The number of amides is 3. The second-order valence-electron chi connectivity index (χ2n) is 4.76. The highest BCUT2D eigenvalue weighted by molar-refractivity contribution is 8.13. The molecule has 0 aliphatic carbocycles. The second-order valence-corrected chi connectivity index (χ2v) is 5.81. The quantitative estimate of drug-likeness (QED) is 0.778. The van der Waals surface area contributed by atoms with Crippen LogP contribution < -0.4 is 0 Å². The summed E-state index contributed by atoms with van der Waals surface area (Å²) >= 11 is 1.20. The normalized spacial score (nSPS) is 17.2. The smallest absolute Gasteiger partial charge is 0.332 e. The van der Waals surface area contributed by atoms with Crippen LogP contribution in [0.4, 0.5) is 4.79 Å². The molecule has 8 heteroatoms. The molecule has 3 rings (SSSR count). The molecule has 0 saturated carbocycles. The van der Waals surface area contributed by atoms with Gasteiger partial charge in [-0.15, -0.1) is 0 Å². The van der Waals surface area contributed by atoms with Crippen molar-refractivity contribution in [3.8, 4) is 0 Å². The lowest BCUT2D eigenvalue weighted by atomic mass is 10.1. The molecular formula is C14H12N2O5S. The topological polar surface area (TPSA) is 84.0 Å². The Kier molecular flexibility index (Phi) is 3.84. The number of fused-ring (bicyclic) bond motifs is 1. The summed E-state index contributed by atoms with van der Waals surface area (Å²) in [6.45, 7) is 0.803. The third-order valence-corrected chi connectivity index (χ3v) is 4.27. The number of imide groups is 1. The van der Waals surface area contributed by atoms with Gasteiger partial charge in [-0.25, -0.2) is 4.79 Å². The van der Waals surface area contributed by atoms with Gasteiger partial charge in [0.05, 0.1) is 17.5 Å². The molecule has 0 aromatic heterocycles. The predicted octanol–water partition coefficient (Wildman–Crippen LogP) is 1.30. The van der Waals surface area contributed by atoms with Crippen molar-refractivity contribution in [1.82, 2.24) is 9.96 Å². The van der Waals surface area contributed by atoms with Crippen molar-refractivity contribution in [2.24, 2.45) is 0 Å². The van der Waals surface area contributed by atoms with E-state index in [9.17, 15) is 19.2 Å². The number of rotatable bonds is 4. The van der Waals surface area contributed by atoms with Crippen LogP contribution in [0.15, 0.2) is 24.3 Å². The van der Waals surface area contributed by atoms with Crippen molar-refractivity contribution in [3.05, 3.63) is 35.4 Å². The van der Waals surface area contributed by atoms with Crippen molar-refractivity contribution >= 4 is 34.8 Å². The van der Waals surface area contributed by atoms with Crippen LogP contribution in [-0.4, -0.2) is 51.8 Å². The number of hydrogen-bond acceptors (Lipinski definition) is 6. The van der Waals surface area contributed by atoms with Crippen LogP contribution in [0.25, 0.3) is 0 Å². The SMILES string of the molecule is O=C(CCN1CCSC1=O)ON1C(=O)c2ccccc2C1=O. The number of benzene rings is 1. The summed E-state index contributed by atoms with van der Waals surface area (Å²) in [5.74, 6) is -1.32. The first-order valence-electron chi connectivity index (χ1n) is 6.68. The number of nitrogens with zero attached hydrogens (tertiary/aromatic N) is 2. The Hall–Kier alpha value is -2.35. The van der Waals surface area contributed by atoms with E-state index in [0.717, 1.165) is 0 Å². The number of hydroxylamine groups is 2. The number of carbonyl (C=O) groups excluding carboxylic acids is 4. The maximum absolute atomic E-state index is 12.0. The summed E-state index contributed by atoms with van der Waals surface area (Å²) < 4.78 is 0. The molecule has 0 spiro atoms. The molecule has 1 fully saturated rings. The van der Waals surface area contributed by atoms with Crippen LogP contribution in [0.1, 0.15) is 27.1 Å². The summed E-state index contributed by atoms with van der Waals surface area (Å²) in [4.78, 5) is 53.6. The molecule has 7 nitrogen and oxygen atoms in total. The van der Waals surface area contributed by atoms with Crippen LogP contribution >= 0.6 is 11.8 Å². The molecule has 2 heterocycles. The van der Waals surface area contributed by atoms with E-state index in [2.05, 4.69) is 0 Å². The zero-order chi connectivity index (χ0) is 15.7. The second kappa shape index (κ2) is 5.80. The average Bonchev–Trinajstić information content (AvgIpc) is 3.03. The summed E-state index contributed by atoms with van der Waals surface area (Å²) in [5, 5.41) is 0.404. The van der Waals surface area contributed by atoms with E-state index < -0.39 is 17.8 Å². The standard InChI is InChI=1S/C14H12N2O5S/c17-11(5-6-15-7-8-22-14(15)20)21-16-12(18)9-3-1-2-4-10(9)13(16)19/h1-4H,5-8H2. The molecule has 0 radical (unpaired) electrons. The molecule has 3 amide bonds. The molecule has 2 aliphatic rings. The Morgan fingerprint density at radius 1 is 1.14 bits per heavy atom. The van der Waals surface area contributed by atoms with E-state index in [-0.39, 0.29) is 29.3 Å². The Morgan fingerprint density at radius 3 is 2.32 bits per heavy atom. The Labute approximate surface area is 130 Å². The Bertz CT molecular complexity index is 640. The van der Waals surface area contributed by atoms with Gasteiger partial charge in [0.15, 0.2) is 0 Å². The first kappa shape index (κ1) is 14.6. The molecule has 0 atom stereocenters. The van der Waals surface area contributed by atoms with E-state index in [1.807, 2.05) is 0 Å². The minimum absolute atomic E-state index is 0.0697. The van der Waals surface area contributed by atoms with E-state index in [1.165, 1.54) is 28.8 Å². The van der Waals surface area contributed by atoms with Crippen LogP contribution in [0, 0.1) is 0 Å². The fourth-order valence-corrected chi connectivity index (χ4v) is 3.10. The molecule has 2 aliphatic heterocycles. The van der Waals surface area contributed by atoms with Gasteiger partial charge >= 0.3 is 5.97 Å². The molecule has 1 saturated heterocycles. The number of carbonyl (C=O) groups is 4. The first-order valence-corrected chi connectivity index (χ1v) is 7.67. The van der Waals surface area contributed by atoms with Gasteiger partial charge in [0, 0.05) is 18.8 Å². The summed E-state index contributed by atoms with van der Waals surface area (Å²) in [7, 11) is 0. The molecule has 1 aromatic carbocycles. The molecule has 0 bridgehead atoms. The highest BCUT2D eigenvalue weighted by Gasteiger charge is 2.38. The van der Waals surface area contributed by atoms with Gasteiger partial charge in [-0.3, -0.25) is 14.4 Å². The van der Waals surface area contributed by atoms with Crippen molar-refractivity contribution in [1.29, 1.82) is 0 Å². The zero-order valence-corrected chi connectivity index (χ0v) is 12.3. The number of thioether (sulfide) groups is 1. The monoisotopic (exact) mass is 320 g/mol. The maximum atomic E-state index is 12.0. The van der Waals surface area contributed by atoms with E-state index in [4.69, 9.17) is 4.84 Å². The van der Waals surface area contributed by atoms with Gasteiger partial charge in [0.2, 0.25) is 0 Å². The van der Waals surface area contributed by atoms with Crippen LogP contribution in [0.2, 0.25) is 0 Å². The van der Waals surface area contributed by atoms with E-state index in [1.54, 1.807) is 12.1 Å². The summed E-state index contributed by atoms with van der Waals surface area (Å²) in [6.07, 6.45) is -0.0697.